The lowest BCUT2D eigenvalue weighted by Crippen LogP contribution is -2.74. The Bertz CT molecular complexity index is 1340. The van der Waals surface area contributed by atoms with Gasteiger partial charge in [0.15, 0.2) is 0 Å². The van der Waals surface area contributed by atoms with Gasteiger partial charge in [0.05, 0.1) is 0 Å². The number of amides is 2. The van der Waals surface area contributed by atoms with E-state index >= 15 is 0 Å². The van der Waals surface area contributed by atoms with Gasteiger partial charge in [-0.25, -0.2) is 17.6 Å². The molecule has 0 heterocycles. The van der Waals surface area contributed by atoms with E-state index in [1.807, 2.05) is 0 Å². The van der Waals surface area contributed by atoms with Crippen LogP contribution < -0.4 is 10.6 Å². The van der Waals surface area contributed by atoms with Gasteiger partial charge in [-0.15, -0.1) is 0 Å². The maximum absolute atomic E-state index is 13.8. The van der Waals surface area contributed by atoms with Gasteiger partial charge in [0, 0.05) is 13.1 Å². The van der Waals surface area contributed by atoms with Gasteiger partial charge in [0.2, 0.25) is 0 Å². The van der Waals surface area contributed by atoms with E-state index in [9.17, 15) is 150 Å². The van der Waals surface area contributed by atoms with Crippen LogP contribution in [0.3, 0.4) is 0 Å². The lowest BCUT2D eigenvalue weighted by atomic mass is 9.89. The van der Waals surface area contributed by atoms with E-state index in [1.165, 1.54) is 0 Å². The molecule has 0 saturated carbocycles. The first-order chi connectivity index (χ1) is 24.4. The van der Waals surface area contributed by atoms with Gasteiger partial charge in [-0.05, 0) is 6.42 Å². The van der Waals surface area contributed by atoms with Crippen molar-refractivity contribution in [2.45, 2.75) is 102 Å². The summed E-state index contributed by atoms with van der Waals surface area (Å²) in [5.74, 6) is -127. The molecule has 340 valence electrons. The van der Waals surface area contributed by atoms with Crippen molar-refractivity contribution in [1.29, 1.82) is 0 Å². The maximum Gasteiger partial charge on any atom is 0.392 e. The van der Waals surface area contributed by atoms with Crippen molar-refractivity contribution in [3.05, 3.63) is 0 Å². The Morgan fingerprint density at radius 1 is 0.316 bits per heavy atom. The second kappa shape index (κ2) is 14.8. The number of hydrogen-bond acceptors (Lipinski definition) is 2. The highest BCUT2D eigenvalue weighted by atomic mass is 19.4. The Kier molecular flexibility index (Phi) is 13.9. The highest BCUT2D eigenvalue weighted by molar-refractivity contribution is 5.85. The summed E-state index contributed by atoms with van der Waals surface area (Å²) in [6.07, 6.45) is -14.3. The van der Waals surface area contributed by atoms with Crippen LogP contribution in [0.5, 0.6) is 0 Å². The Balaban J connectivity index is 6.18. The molecular weight excluding hydrogens is 920 g/mol. The maximum atomic E-state index is 13.8. The molecule has 0 aliphatic heterocycles. The van der Waals surface area contributed by atoms with Gasteiger partial charge in [0.1, 0.15) is 0 Å². The zero-order valence-corrected chi connectivity index (χ0v) is 25.2. The molecule has 0 aliphatic carbocycles. The number of hydrogen-bond donors (Lipinski definition) is 2. The van der Waals surface area contributed by atoms with E-state index in [-0.39, 0.29) is 10.6 Å². The van der Waals surface area contributed by atoms with Crippen LogP contribution in [0.4, 0.5) is 140 Å². The third kappa shape index (κ3) is 7.25. The molecular formula is C21H10F32N2O2. The predicted octanol–water partition coefficient (Wildman–Crippen LogP) is 9.03. The van der Waals surface area contributed by atoms with E-state index in [0.29, 0.717) is 0 Å². The summed E-state index contributed by atoms with van der Waals surface area (Å²) in [5.41, 5.74) is 0. The summed E-state index contributed by atoms with van der Waals surface area (Å²) in [6, 6.07) is 0. The van der Waals surface area contributed by atoms with Crippen LogP contribution in [0.2, 0.25) is 0 Å². The minimum atomic E-state index is -8.97. The number of rotatable bonds is 20. The molecule has 0 aromatic rings. The zero-order valence-electron chi connectivity index (χ0n) is 25.2. The van der Waals surface area contributed by atoms with Gasteiger partial charge in [-0.3, -0.25) is 9.59 Å². The molecule has 2 amide bonds. The van der Waals surface area contributed by atoms with Gasteiger partial charge in [-0.2, -0.15) is 123 Å². The van der Waals surface area contributed by atoms with E-state index in [0.717, 1.165) is 0 Å². The number of alkyl halides is 32. The molecule has 0 spiro atoms. The molecule has 0 fully saturated rings. The summed E-state index contributed by atoms with van der Waals surface area (Å²) in [7, 11) is 0. The second-order valence-corrected chi connectivity index (χ2v) is 10.6. The Morgan fingerprint density at radius 2 is 0.491 bits per heavy atom. The van der Waals surface area contributed by atoms with Crippen LogP contribution in [0, 0.1) is 0 Å². The van der Waals surface area contributed by atoms with E-state index in [2.05, 4.69) is 0 Å². The molecule has 0 aromatic carbocycles. The Labute approximate surface area is 289 Å². The van der Waals surface area contributed by atoms with Crippen molar-refractivity contribution in [3.63, 3.8) is 0 Å². The van der Waals surface area contributed by atoms with Crippen LogP contribution in [-0.2, 0) is 9.59 Å². The number of nitrogens with one attached hydrogen (secondary N) is 2. The monoisotopic (exact) mass is 930 g/mol. The standard InChI is InChI=1S/C21H10F32N2O2/c22-4(23)8(26,27)12(34,35)16(42,43)20(50,51)18(46,47)14(38,39)10(30,31)6(56)54-2-1-3-55-7(57)11(32,33)15(40,41)19(48,49)21(52,53)17(44,45)13(36,37)9(28,29)5(24)25/h4-5H,1-3H2,(H,54,56)(H,55,57). The molecule has 0 saturated heterocycles. The minimum absolute atomic E-state index is 0.121. The molecule has 0 unspecified atom stereocenters. The average molecular weight is 930 g/mol. The van der Waals surface area contributed by atoms with Crippen LogP contribution in [0.1, 0.15) is 6.42 Å². The lowest BCUT2D eigenvalue weighted by molar-refractivity contribution is -0.443. The SMILES string of the molecule is O=C(NCCCNC(=O)C(F)(F)C(F)(F)C(F)(F)C(F)(F)C(F)(F)C(F)(F)C(F)(F)C(F)F)C(F)(F)C(F)(F)C(F)(F)C(F)(F)C(F)(F)C(F)(F)C(F)(F)C(F)F. The van der Waals surface area contributed by atoms with E-state index in [1.54, 1.807) is 0 Å². The smallest absolute Gasteiger partial charge is 0.351 e. The Morgan fingerprint density at radius 3 is 0.684 bits per heavy atom. The van der Waals surface area contributed by atoms with Crippen molar-refractivity contribution in [2.24, 2.45) is 0 Å². The van der Waals surface area contributed by atoms with Gasteiger partial charge in [0.25, 0.3) is 11.8 Å². The summed E-state index contributed by atoms with van der Waals surface area (Å²) in [5, 5.41) is 0.243. The first kappa shape index (κ1) is 53.7. The molecule has 0 rings (SSSR count). The van der Waals surface area contributed by atoms with Crippen molar-refractivity contribution in [2.75, 3.05) is 13.1 Å². The van der Waals surface area contributed by atoms with Crippen molar-refractivity contribution in [1.82, 2.24) is 10.6 Å². The highest BCUT2D eigenvalue weighted by Crippen LogP contribution is 2.64. The molecule has 57 heavy (non-hydrogen) atoms. The average Bonchev–Trinajstić information content (AvgIpc) is 3.02. The first-order valence-electron chi connectivity index (χ1n) is 12.9. The number of carbonyl (C=O) groups is 2. The summed E-state index contributed by atoms with van der Waals surface area (Å²) in [6.45, 7) is -4.39. The van der Waals surface area contributed by atoms with Crippen molar-refractivity contribution < 1.29 is 150 Å². The molecule has 4 nitrogen and oxygen atoms in total. The topological polar surface area (TPSA) is 58.2 Å². The van der Waals surface area contributed by atoms with Crippen LogP contribution in [-0.4, -0.2) is 121 Å². The molecule has 0 atom stereocenters. The molecule has 36 heteroatoms. The van der Waals surface area contributed by atoms with Gasteiger partial charge < -0.3 is 10.6 Å². The molecule has 0 aliphatic rings. The van der Waals surface area contributed by atoms with Gasteiger partial charge in [-0.1, -0.05) is 0 Å². The number of carbonyl (C=O) groups excluding carboxylic acids is 2. The summed E-state index contributed by atoms with van der Waals surface area (Å²) >= 11 is 0. The van der Waals surface area contributed by atoms with Crippen molar-refractivity contribution in [3.8, 4) is 0 Å². The van der Waals surface area contributed by atoms with Crippen LogP contribution >= 0.6 is 0 Å². The second-order valence-electron chi connectivity index (χ2n) is 10.6. The van der Waals surface area contributed by atoms with E-state index < -0.39 is 127 Å². The zero-order chi connectivity index (χ0) is 46.8. The normalized spacial score (nSPS) is 16.0. The summed E-state index contributed by atoms with van der Waals surface area (Å²) in [4.78, 5) is 22.6. The van der Waals surface area contributed by atoms with Crippen LogP contribution in [0.25, 0.3) is 0 Å². The van der Waals surface area contributed by atoms with Crippen LogP contribution in [0.15, 0.2) is 0 Å². The molecule has 0 radical (unpaired) electrons. The quantitative estimate of drug-likeness (QED) is 0.0947. The third-order valence-corrected chi connectivity index (χ3v) is 6.82. The van der Waals surface area contributed by atoms with Gasteiger partial charge >= 0.3 is 95.8 Å². The van der Waals surface area contributed by atoms with E-state index in [4.69, 9.17) is 0 Å². The highest BCUT2D eigenvalue weighted by Gasteiger charge is 2.96. The first-order valence-corrected chi connectivity index (χ1v) is 12.9. The minimum Gasteiger partial charge on any atom is -0.351 e. The Hall–Kier alpha value is -3.30. The fourth-order valence-electron chi connectivity index (χ4n) is 3.27. The molecule has 0 bridgehead atoms. The predicted molar refractivity (Wildman–Crippen MR) is 112 cm³/mol. The fourth-order valence-corrected chi connectivity index (χ4v) is 3.27. The molecule has 2 N–H and O–H groups in total. The molecule has 0 aromatic heterocycles. The lowest BCUT2D eigenvalue weighted by Gasteiger charge is -2.42. The number of halogens is 32. The fraction of sp³-hybridized carbons (Fsp3) is 0.905. The van der Waals surface area contributed by atoms with Crippen molar-refractivity contribution >= 4 is 11.8 Å². The summed E-state index contributed by atoms with van der Waals surface area (Å²) < 4.78 is 426. The third-order valence-electron chi connectivity index (χ3n) is 6.82. The largest absolute Gasteiger partial charge is 0.392 e.